The van der Waals surface area contributed by atoms with Crippen LogP contribution in [0.2, 0.25) is 0 Å². The summed E-state index contributed by atoms with van der Waals surface area (Å²) in [6.45, 7) is 8.18. The molecule has 2 aromatic rings. The van der Waals surface area contributed by atoms with Gasteiger partial charge in [0.2, 0.25) is 0 Å². The lowest BCUT2D eigenvalue weighted by Crippen LogP contribution is -2.41. The average molecular weight is 285 g/mol. The van der Waals surface area contributed by atoms with Crippen molar-refractivity contribution in [1.82, 2.24) is 0 Å². The summed E-state index contributed by atoms with van der Waals surface area (Å²) < 4.78 is 13.2. The van der Waals surface area contributed by atoms with Gasteiger partial charge in [-0.05, 0) is 50.7 Å². The van der Waals surface area contributed by atoms with Crippen LogP contribution in [0, 0.1) is 11.3 Å². The van der Waals surface area contributed by atoms with Crippen molar-refractivity contribution in [2.24, 2.45) is 0 Å². The molecule has 1 aliphatic heterocycles. The largest absolute Gasteiger partial charge is 0.494 e. The Hall–Kier alpha value is -1.35. The first kappa shape index (κ1) is 13.6. The van der Waals surface area contributed by atoms with Gasteiger partial charge in [-0.25, -0.2) is 0 Å². The fourth-order valence-corrected chi connectivity index (χ4v) is 3.14. The number of benzene rings is 1. The third kappa shape index (κ3) is 2.05. The van der Waals surface area contributed by atoms with Crippen molar-refractivity contribution < 1.29 is 9.31 Å². The maximum absolute atomic E-state index is 8.97. The molecule has 0 saturated carbocycles. The van der Waals surface area contributed by atoms with Crippen LogP contribution in [0.25, 0.3) is 10.1 Å². The number of hydrogen-bond donors (Lipinski definition) is 0. The van der Waals surface area contributed by atoms with Crippen molar-refractivity contribution in [3.8, 4) is 6.07 Å². The maximum Gasteiger partial charge on any atom is 0.494 e. The molecule has 3 nitrogen and oxygen atoms in total. The molecule has 1 saturated heterocycles. The third-order valence-corrected chi connectivity index (χ3v) is 5.18. The third-order valence-electron chi connectivity index (χ3n) is 4.18. The highest BCUT2D eigenvalue weighted by Gasteiger charge is 2.51. The SMILES string of the molecule is CC1(C)OB(c2ccc3cc(C#N)sc3c2)OC1(C)C. The highest BCUT2D eigenvalue weighted by atomic mass is 32.1. The van der Waals surface area contributed by atoms with Gasteiger partial charge in [0.25, 0.3) is 0 Å². The first-order valence-electron chi connectivity index (χ1n) is 6.62. The molecule has 0 unspecified atom stereocenters. The highest BCUT2D eigenvalue weighted by Crippen LogP contribution is 2.36. The molecule has 2 heterocycles. The second-order valence-electron chi connectivity index (χ2n) is 6.11. The van der Waals surface area contributed by atoms with Crippen molar-refractivity contribution >= 4 is 34.0 Å². The molecule has 3 rings (SSSR count). The average Bonchev–Trinajstić information content (AvgIpc) is 2.87. The number of nitriles is 1. The van der Waals surface area contributed by atoms with Crippen LogP contribution in [0.3, 0.4) is 0 Å². The van der Waals surface area contributed by atoms with Crippen molar-refractivity contribution in [1.29, 1.82) is 5.26 Å². The van der Waals surface area contributed by atoms with Crippen molar-refractivity contribution in [3.63, 3.8) is 0 Å². The van der Waals surface area contributed by atoms with Crippen molar-refractivity contribution in [2.45, 2.75) is 38.9 Å². The van der Waals surface area contributed by atoms with Gasteiger partial charge in [-0.1, -0.05) is 12.1 Å². The second kappa shape index (κ2) is 4.32. The van der Waals surface area contributed by atoms with Gasteiger partial charge in [0.1, 0.15) is 10.9 Å². The van der Waals surface area contributed by atoms with Crippen LogP contribution in [0.15, 0.2) is 24.3 Å². The van der Waals surface area contributed by atoms with Crippen molar-refractivity contribution in [3.05, 3.63) is 29.1 Å². The summed E-state index contributed by atoms with van der Waals surface area (Å²) in [4.78, 5) is 0.728. The summed E-state index contributed by atoms with van der Waals surface area (Å²) in [5, 5.41) is 10.1. The van der Waals surface area contributed by atoms with Gasteiger partial charge >= 0.3 is 7.12 Å². The minimum atomic E-state index is -0.350. The van der Waals surface area contributed by atoms with Crippen LogP contribution >= 0.6 is 11.3 Å². The zero-order valence-electron chi connectivity index (χ0n) is 12.1. The maximum atomic E-state index is 8.97. The first-order valence-corrected chi connectivity index (χ1v) is 7.43. The standard InChI is InChI=1S/C15H16BNO2S/c1-14(2)15(3,4)19-16(18-14)11-6-5-10-7-12(9-17)20-13(10)8-11/h5-8H,1-4H3. The zero-order chi connectivity index (χ0) is 14.5. The number of nitrogens with zero attached hydrogens (tertiary/aromatic N) is 1. The lowest BCUT2D eigenvalue weighted by Gasteiger charge is -2.32. The van der Waals surface area contributed by atoms with Crippen LogP contribution < -0.4 is 5.46 Å². The molecule has 0 spiro atoms. The Morgan fingerprint density at radius 2 is 1.75 bits per heavy atom. The van der Waals surface area contributed by atoms with E-state index < -0.39 is 0 Å². The van der Waals surface area contributed by atoms with Gasteiger partial charge in [0.05, 0.1) is 11.2 Å². The van der Waals surface area contributed by atoms with Crippen LogP contribution in [-0.4, -0.2) is 18.3 Å². The second-order valence-corrected chi connectivity index (χ2v) is 7.19. The van der Waals surface area contributed by atoms with E-state index in [0.29, 0.717) is 0 Å². The summed E-state index contributed by atoms with van der Waals surface area (Å²) in [6, 6.07) is 10.2. The Kier molecular flexibility index (Phi) is 2.95. The van der Waals surface area contributed by atoms with E-state index in [2.05, 4.69) is 12.1 Å². The Labute approximate surface area is 123 Å². The molecular weight excluding hydrogens is 269 g/mol. The van der Waals surface area contributed by atoms with E-state index in [1.165, 1.54) is 11.3 Å². The van der Waals surface area contributed by atoms with E-state index in [1.807, 2.05) is 45.9 Å². The van der Waals surface area contributed by atoms with E-state index in [1.54, 1.807) is 0 Å². The fourth-order valence-electron chi connectivity index (χ4n) is 2.23. The van der Waals surface area contributed by atoms with Crippen LogP contribution in [0.5, 0.6) is 0 Å². The summed E-state index contributed by atoms with van der Waals surface area (Å²) in [7, 11) is -0.350. The molecule has 0 bridgehead atoms. The van der Waals surface area contributed by atoms with E-state index in [9.17, 15) is 0 Å². The number of fused-ring (bicyclic) bond motifs is 1. The van der Waals surface area contributed by atoms with Gasteiger partial charge < -0.3 is 9.31 Å². The van der Waals surface area contributed by atoms with E-state index >= 15 is 0 Å². The smallest absolute Gasteiger partial charge is 0.399 e. The molecule has 0 amide bonds. The van der Waals surface area contributed by atoms with Crippen LogP contribution in [-0.2, 0) is 9.31 Å². The molecule has 1 fully saturated rings. The van der Waals surface area contributed by atoms with E-state index in [-0.39, 0.29) is 18.3 Å². The van der Waals surface area contributed by atoms with Gasteiger partial charge in [0, 0.05) is 4.70 Å². The molecule has 5 heteroatoms. The van der Waals surface area contributed by atoms with Crippen LogP contribution in [0.4, 0.5) is 0 Å². The topological polar surface area (TPSA) is 42.2 Å². The normalized spacial score (nSPS) is 20.2. The zero-order valence-corrected chi connectivity index (χ0v) is 12.9. The molecule has 20 heavy (non-hydrogen) atoms. The summed E-state index contributed by atoms with van der Waals surface area (Å²) >= 11 is 1.50. The minimum absolute atomic E-state index is 0.333. The van der Waals surface area contributed by atoms with Crippen LogP contribution in [0.1, 0.15) is 32.6 Å². The Morgan fingerprint density at radius 3 is 2.35 bits per heavy atom. The summed E-state index contributed by atoms with van der Waals surface area (Å²) in [5.74, 6) is 0. The molecule has 0 N–H and O–H groups in total. The summed E-state index contributed by atoms with van der Waals surface area (Å²) in [6.07, 6.45) is 0. The molecule has 0 radical (unpaired) electrons. The molecule has 102 valence electrons. The quantitative estimate of drug-likeness (QED) is 0.756. The predicted octanol–water partition coefficient (Wildman–Crippen LogP) is 3.07. The molecular formula is C15H16BNO2S. The van der Waals surface area contributed by atoms with Gasteiger partial charge in [0.15, 0.2) is 0 Å². The molecule has 1 aromatic heterocycles. The molecule has 1 aliphatic rings. The molecule has 0 aliphatic carbocycles. The first-order chi connectivity index (χ1) is 9.32. The lowest BCUT2D eigenvalue weighted by atomic mass is 9.79. The van der Waals surface area contributed by atoms with E-state index in [4.69, 9.17) is 14.6 Å². The molecule has 1 aromatic carbocycles. The lowest BCUT2D eigenvalue weighted by molar-refractivity contribution is 0.00578. The Morgan fingerprint density at radius 1 is 1.10 bits per heavy atom. The number of thiophene rings is 1. The van der Waals surface area contributed by atoms with Gasteiger partial charge in [-0.15, -0.1) is 11.3 Å². The fraction of sp³-hybridized carbons (Fsp3) is 0.400. The van der Waals surface area contributed by atoms with Crippen molar-refractivity contribution in [2.75, 3.05) is 0 Å². The predicted molar refractivity (Wildman–Crippen MR) is 82.3 cm³/mol. The van der Waals surface area contributed by atoms with Gasteiger partial charge in [-0.3, -0.25) is 0 Å². The number of rotatable bonds is 1. The molecule has 0 atom stereocenters. The monoisotopic (exact) mass is 285 g/mol. The van der Waals surface area contributed by atoms with E-state index in [0.717, 1.165) is 20.4 Å². The Balaban J connectivity index is 1.98. The highest BCUT2D eigenvalue weighted by molar-refractivity contribution is 7.19. The van der Waals surface area contributed by atoms with Gasteiger partial charge in [-0.2, -0.15) is 5.26 Å². The number of hydrogen-bond acceptors (Lipinski definition) is 4. The summed E-state index contributed by atoms with van der Waals surface area (Å²) in [5.41, 5.74) is 0.335. The minimum Gasteiger partial charge on any atom is -0.399 e. The Bertz CT molecular complexity index is 698.